The molecule has 6 N–H and O–H groups in total. The summed E-state index contributed by atoms with van der Waals surface area (Å²) in [6.07, 6.45) is 3.26. The van der Waals surface area contributed by atoms with Crippen LogP contribution in [0.4, 0.5) is 0 Å². The van der Waals surface area contributed by atoms with Gasteiger partial charge in [-0.1, -0.05) is 6.42 Å². The van der Waals surface area contributed by atoms with Crippen molar-refractivity contribution in [3.63, 3.8) is 0 Å². The third-order valence-corrected chi connectivity index (χ3v) is 9.12. The summed E-state index contributed by atoms with van der Waals surface area (Å²) < 4.78 is 0. The van der Waals surface area contributed by atoms with Crippen LogP contribution in [0.2, 0.25) is 0 Å². The van der Waals surface area contributed by atoms with E-state index in [9.17, 15) is 58.9 Å². The maximum absolute atomic E-state index is 12.9. The lowest BCUT2D eigenvalue weighted by Crippen LogP contribution is -2.52. The number of amides is 2. The number of rotatable bonds is 20. The molecular weight excluding hydrogens is 671 g/mol. The van der Waals surface area contributed by atoms with Gasteiger partial charge >= 0.3 is 25.0 Å². The van der Waals surface area contributed by atoms with E-state index < -0.39 is 48.8 Å². The van der Waals surface area contributed by atoms with Gasteiger partial charge in [0.1, 0.15) is 17.6 Å². The molecule has 2 aliphatic heterocycles. The summed E-state index contributed by atoms with van der Waals surface area (Å²) >= 11 is 0. The smallest absolute Gasteiger partial charge is 0.475 e. The van der Waals surface area contributed by atoms with Crippen molar-refractivity contribution in [2.75, 3.05) is 85.1 Å². The average Bonchev–Trinajstić information content (AvgIpc) is 3.54. The Morgan fingerprint density at radius 1 is 0.608 bits per heavy atom. The first-order chi connectivity index (χ1) is 24.1. The molecular formula is C32H55BN6O12. The average molecular weight is 727 g/mol. The monoisotopic (exact) mass is 726 g/mol. The molecule has 2 heterocycles. The highest BCUT2D eigenvalue weighted by Gasteiger charge is 2.38. The molecule has 0 unspecified atom stereocenters. The molecule has 0 aromatic carbocycles. The second-order valence-electron chi connectivity index (χ2n) is 13.4. The third kappa shape index (κ3) is 18.0. The molecule has 2 atom stereocenters. The number of unbranched alkanes of at least 4 members (excludes halogenated alkanes) is 2. The van der Waals surface area contributed by atoms with Gasteiger partial charge in [-0.3, -0.25) is 53.2 Å². The SMILES string of the molecule is C[C@@H](NC(=O)CCC(=O)CCCCCC(=O)CN1CCN(CC(=O)O)CCN(CC(=O)O)CCN(CC(=O)O)CC1)C(=O)N1CCC[C@H]1B(O)O. The minimum Gasteiger partial charge on any atom is -0.480 e. The van der Waals surface area contributed by atoms with Gasteiger partial charge in [0.05, 0.1) is 32.1 Å². The molecule has 2 saturated heterocycles. The Kier molecular flexibility index (Phi) is 19.8. The molecule has 0 radical (unpaired) electrons. The van der Waals surface area contributed by atoms with Gasteiger partial charge in [0.2, 0.25) is 11.8 Å². The Morgan fingerprint density at radius 3 is 1.47 bits per heavy atom. The van der Waals surface area contributed by atoms with Crippen molar-refractivity contribution in [1.29, 1.82) is 0 Å². The van der Waals surface area contributed by atoms with E-state index in [1.165, 1.54) is 11.8 Å². The number of nitrogens with zero attached hydrogens (tertiary/aromatic N) is 5. The summed E-state index contributed by atoms with van der Waals surface area (Å²) in [6.45, 7) is 3.76. The highest BCUT2D eigenvalue weighted by Crippen LogP contribution is 2.19. The van der Waals surface area contributed by atoms with E-state index in [0.717, 1.165) is 0 Å². The Labute approximate surface area is 298 Å². The first-order valence-electron chi connectivity index (χ1n) is 17.7. The zero-order valence-electron chi connectivity index (χ0n) is 29.6. The van der Waals surface area contributed by atoms with Crippen LogP contribution in [0.15, 0.2) is 0 Å². The van der Waals surface area contributed by atoms with Crippen molar-refractivity contribution in [3.05, 3.63) is 0 Å². The molecule has 2 fully saturated rings. The van der Waals surface area contributed by atoms with E-state index in [1.54, 1.807) is 14.7 Å². The van der Waals surface area contributed by atoms with Crippen molar-refractivity contribution in [2.45, 2.75) is 76.7 Å². The number of Topliss-reactive ketones (excluding diaryl/α,β-unsaturated/α-hetero) is 2. The summed E-state index contributed by atoms with van der Waals surface area (Å²) in [4.78, 5) is 92.8. The summed E-state index contributed by atoms with van der Waals surface area (Å²) in [6, 6.07) is -0.866. The van der Waals surface area contributed by atoms with Crippen molar-refractivity contribution in [2.24, 2.45) is 0 Å². The van der Waals surface area contributed by atoms with E-state index in [1.807, 2.05) is 4.90 Å². The maximum Gasteiger partial charge on any atom is 0.475 e. The van der Waals surface area contributed by atoms with Gasteiger partial charge in [-0.2, -0.15) is 0 Å². The van der Waals surface area contributed by atoms with E-state index >= 15 is 0 Å². The van der Waals surface area contributed by atoms with Crippen LogP contribution in [0.1, 0.15) is 64.7 Å². The molecule has 0 bridgehead atoms. The largest absolute Gasteiger partial charge is 0.480 e. The topological polar surface area (TPSA) is 249 Å². The second kappa shape index (κ2) is 23.2. The molecule has 19 heteroatoms. The predicted octanol–water partition coefficient (Wildman–Crippen LogP) is -2.16. The molecule has 0 saturated carbocycles. The Morgan fingerprint density at radius 2 is 1.04 bits per heavy atom. The van der Waals surface area contributed by atoms with Gasteiger partial charge in [-0.15, -0.1) is 0 Å². The van der Waals surface area contributed by atoms with Crippen LogP contribution < -0.4 is 5.32 Å². The summed E-state index contributed by atoms with van der Waals surface area (Å²) in [5, 5.41) is 49.6. The fraction of sp³-hybridized carbons (Fsp3) is 0.781. The molecule has 0 aliphatic carbocycles. The number of hydrogen-bond acceptors (Lipinski definition) is 13. The van der Waals surface area contributed by atoms with Crippen LogP contribution in [0.25, 0.3) is 0 Å². The standard InChI is InChI=1S/C32H55BN6O12/c1-24(32(49)39-11-5-8-27(39)33(50)51)34-28(42)10-9-25(40)6-3-2-4-7-26(41)20-35-12-14-36(21-29(43)44)16-18-38(23-31(47)48)19-17-37(15-13-35)22-30(45)46/h24,27,50-51H,2-23H2,1H3,(H,34,42)(H,43,44)(H,45,46)(H,47,48)/t24-,27+/m1/s1. The highest BCUT2D eigenvalue weighted by atomic mass is 16.4. The lowest BCUT2D eigenvalue weighted by molar-refractivity contribution is -0.140. The van der Waals surface area contributed by atoms with Crippen LogP contribution in [0.3, 0.4) is 0 Å². The quantitative estimate of drug-likeness (QED) is 0.0578. The number of carboxylic acid groups (broad SMARTS) is 3. The number of likely N-dealkylation sites (tertiary alicyclic amines) is 1. The van der Waals surface area contributed by atoms with Crippen LogP contribution in [0.5, 0.6) is 0 Å². The van der Waals surface area contributed by atoms with Crippen LogP contribution in [-0.4, -0.2) is 195 Å². The van der Waals surface area contributed by atoms with Crippen molar-refractivity contribution < 1.29 is 58.9 Å². The summed E-state index contributed by atoms with van der Waals surface area (Å²) in [7, 11) is -1.65. The zero-order valence-corrected chi connectivity index (χ0v) is 29.6. The highest BCUT2D eigenvalue weighted by molar-refractivity contribution is 6.43. The van der Waals surface area contributed by atoms with Crippen molar-refractivity contribution >= 4 is 48.4 Å². The van der Waals surface area contributed by atoms with E-state index in [-0.39, 0.29) is 76.5 Å². The molecule has 0 spiro atoms. The van der Waals surface area contributed by atoms with E-state index in [2.05, 4.69) is 5.32 Å². The molecule has 2 rings (SSSR count). The number of hydrogen-bond donors (Lipinski definition) is 6. The fourth-order valence-corrected chi connectivity index (χ4v) is 6.31. The molecule has 0 aromatic rings. The van der Waals surface area contributed by atoms with Crippen molar-refractivity contribution in [3.8, 4) is 0 Å². The molecule has 18 nitrogen and oxygen atoms in total. The van der Waals surface area contributed by atoms with Crippen LogP contribution in [-0.2, 0) is 33.6 Å². The first kappa shape index (κ1) is 43.7. The van der Waals surface area contributed by atoms with Crippen LogP contribution in [0, 0.1) is 0 Å². The third-order valence-electron chi connectivity index (χ3n) is 9.12. The van der Waals surface area contributed by atoms with E-state index in [4.69, 9.17) is 0 Å². The molecule has 51 heavy (non-hydrogen) atoms. The number of carbonyl (C=O) groups is 7. The Hall–Kier alpha value is -3.49. The maximum atomic E-state index is 12.9. The predicted molar refractivity (Wildman–Crippen MR) is 184 cm³/mol. The summed E-state index contributed by atoms with van der Waals surface area (Å²) in [5.41, 5.74) is 0. The van der Waals surface area contributed by atoms with Gasteiger partial charge in [0.25, 0.3) is 0 Å². The molecule has 0 aromatic heterocycles. The molecule has 2 amide bonds. The van der Waals surface area contributed by atoms with Gasteiger partial charge in [0, 0.05) is 84.6 Å². The van der Waals surface area contributed by atoms with Gasteiger partial charge < -0.3 is 35.6 Å². The lowest BCUT2D eigenvalue weighted by atomic mass is 9.78. The zero-order chi connectivity index (χ0) is 37.9. The number of carbonyl (C=O) groups excluding carboxylic acids is 4. The number of aliphatic carboxylic acids is 3. The second-order valence-corrected chi connectivity index (χ2v) is 13.4. The Balaban J connectivity index is 1.77. The fourth-order valence-electron chi connectivity index (χ4n) is 6.31. The minimum absolute atomic E-state index is 0.0116. The number of nitrogens with one attached hydrogen (secondary N) is 1. The van der Waals surface area contributed by atoms with Gasteiger partial charge in [-0.25, -0.2) is 0 Å². The van der Waals surface area contributed by atoms with E-state index in [0.29, 0.717) is 77.9 Å². The van der Waals surface area contributed by atoms with Gasteiger partial charge in [-0.05, 0) is 32.6 Å². The molecule has 2 aliphatic rings. The first-order valence-corrected chi connectivity index (χ1v) is 17.7. The number of ketones is 2. The minimum atomic E-state index is -1.65. The summed E-state index contributed by atoms with van der Waals surface area (Å²) in [5.74, 6) is -4.79. The lowest BCUT2D eigenvalue weighted by Gasteiger charge is -2.32. The van der Waals surface area contributed by atoms with Gasteiger partial charge in [0.15, 0.2) is 0 Å². The van der Waals surface area contributed by atoms with Crippen LogP contribution >= 0.6 is 0 Å². The Bertz CT molecular complexity index is 1160. The normalized spacial score (nSPS) is 19.4. The molecule has 288 valence electrons. The number of carboxylic acids is 3. The van der Waals surface area contributed by atoms with Crippen molar-refractivity contribution in [1.82, 2.24) is 29.8 Å².